The normalized spacial score (nSPS) is 13.1. The van der Waals surface area contributed by atoms with Crippen LogP contribution in [0, 0.1) is 0 Å². The maximum absolute atomic E-state index is 10.5. The summed E-state index contributed by atoms with van der Waals surface area (Å²) in [6.45, 7) is 0. The summed E-state index contributed by atoms with van der Waals surface area (Å²) in [6, 6.07) is 8.34. The largest absolute Gasteiger partial charge is 0.497 e. The van der Waals surface area contributed by atoms with Crippen LogP contribution in [0.25, 0.3) is 0 Å². The standard InChI is InChI=1S/C15H13Cl2N3O3/c1-22-8-3-4-9(14(5-8)23-2)15-19-18-12-6-10(16)11(17)7-13(12)20(15)21/h3-7,18,21H,1-2H3. The van der Waals surface area contributed by atoms with Crippen molar-refractivity contribution >= 4 is 40.4 Å². The summed E-state index contributed by atoms with van der Waals surface area (Å²) in [5.41, 5.74) is 4.40. The highest BCUT2D eigenvalue weighted by Crippen LogP contribution is 2.38. The molecule has 1 heterocycles. The van der Waals surface area contributed by atoms with Gasteiger partial charge in [0, 0.05) is 6.07 Å². The fourth-order valence-electron chi connectivity index (χ4n) is 2.23. The lowest BCUT2D eigenvalue weighted by molar-refractivity contribution is 0.311. The Labute approximate surface area is 142 Å². The average molecular weight is 354 g/mol. The lowest BCUT2D eigenvalue weighted by atomic mass is 10.1. The first-order valence-electron chi connectivity index (χ1n) is 6.59. The number of hydrazone groups is 1. The van der Waals surface area contributed by atoms with Crippen molar-refractivity contribution < 1.29 is 14.7 Å². The number of fused-ring (bicyclic) bond motifs is 1. The second kappa shape index (κ2) is 6.16. The summed E-state index contributed by atoms with van der Waals surface area (Å²) in [7, 11) is 3.09. The smallest absolute Gasteiger partial charge is 0.188 e. The van der Waals surface area contributed by atoms with Gasteiger partial charge in [0.05, 0.1) is 41.2 Å². The van der Waals surface area contributed by atoms with Crippen molar-refractivity contribution in [3.63, 3.8) is 0 Å². The van der Waals surface area contributed by atoms with Crippen molar-refractivity contribution in [2.24, 2.45) is 5.10 Å². The summed E-state index contributed by atoms with van der Waals surface area (Å²) in [4.78, 5) is 0. The second-order valence-electron chi connectivity index (χ2n) is 4.71. The Hall–Kier alpha value is -2.15. The number of nitrogens with zero attached hydrogens (tertiary/aromatic N) is 2. The SMILES string of the molecule is COc1ccc(C2=NNc3cc(Cl)c(Cl)cc3N2O)c(OC)c1. The maximum atomic E-state index is 10.5. The van der Waals surface area contributed by atoms with Crippen LogP contribution in [0.4, 0.5) is 11.4 Å². The Morgan fingerprint density at radius 3 is 2.52 bits per heavy atom. The lowest BCUT2D eigenvalue weighted by Gasteiger charge is -2.27. The van der Waals surface area contributed by atoms with E-state index in [-0.39, 0.29) is 5.84 Å². The average Bonchev–Trinajstić information content (AvgIpc) is 2.56. The van der Waals surface area contributed by atoms with Crippen LogP contribution in [0.5, 0.6) is 11.5 Å². The highest BCUT2D eigenvalue weighted by molar-refractivity contribution is 6.42. The van der Waals surface area contributed by atoms with Crippen LogP contribution in [-0.4, -0.2) is 25.3 Å². The van der Waals surface area contributed by atoms with Crippen molar-refractivity contribution in [3.05, 3.63) is 45.9 Å². The number of rotatable bonds is 3. The van der Waals surface area contributed by atoms with E-state index in [4.69, 9.17) is 32.7 Å². The topological polar surface area (TPSA) is 66.3 Å². The molecule has 0 atom stereocenters. The van der Waals surface area contributed by atoms with Crippen molar-refractivity contribution in [3.8, 4) is 11.5 Å². The van der Waals surface area contributed by atoms with Gasteiger partial charge in [-0.3, -0.25) is 10.6 Å². The van der Waals surface area contributed by atoms with Crippen LogP contribution < -0.4 is 20.0 Å². The van der Waals surface area contributed by atoms with Gasteiger partial charge >= 0.3 is 0 Å². The number of halogens is 2. The van der Waals surface area contributed by atoms with Crippen LogP contribution in [-0.2, 0) is 0 Å². The minimum atomic E-state index is 0.260. The summed E-state index contributed by atoms with van der Waals surface area (Å²) < 4.78 is 10.5. The quantitative estimate of drug-likeness (QED) is 0.872. The molecule has 2 aromatic carbocycles. The Balaban J connectivity index is 2.05. The van der Waals surface area contributed by atoms with Gasteiger partial charge in [-0.15, -0.1) is 0 Å². The molecule has 6 nitrogen and oxygen atoms in total. The molecule has 1 aliphatic rings. The van der Waals surface area contributed by atoms with E-state index in [1.807, 2.05) is 0 Å². The number of hydrogen-bond donors (Lipinski definition) is 2. The highest BCUT2D eigenvalue weighted by atomic mass is 35.5. The molecule has 0 aliphatic carbocycles. The molecule has 2 aromatic rings. The zero-order valence-corrected chi connectivity index (χ0v) is 13.8. The van der Waals surface area contributed by atoms with Gasteiger partial charge in [-0.2, -0.15) is 5.10 Å². The van der Waals surface area contributed by atoms with Crippen molar-refractivity contribution in [1.82, 2.24) is 0 Å². The molecule has 0 radical (unpaired) electrons. The van der Waals surface area contributed by atoms with Gasteiger partial charge < -0.3 is 9.47 Å². The molecule has 2 N–H and O–H groups in total. The van der Waals surface area contributed by atoms with Crippen LogP contribution >= 0.6 is 23.2 Å². The maximum Gasteiger partial charge on any atom is 0.188 e. The third kappa shape index (κ3) is 2.76. The molecule has 1 aliphatic heterocycles. The fourth-order valence-corrected chi connectivity index (χ4v) is 2.55. The molecule has 23 heavy (non-hydrogen) atoms. The van der Waals surface area contributed by atoms with Gasteiger partial charge in [0.25, 0.3) is 0 Å². The van der Waals surface area contributed by atoms with Crippen molar-refractivity contribution in [2.45, 2.75) is 0 Å². The highest BCUT2D eigenvalue weighted by Gasteiger charge is 2.25. The number of ether oxygens (including phenoxy) is 2. The van der Waals surface area contributed by atoms with E-state index in [0.29, 0.717) is 38.5 Å². The number of anilines is 2. The molecular weight excluding hydrogens is 341 g/mol. The lowest BCUT2D eigenvalue weighted by Crippen LogP contribution is -2.32. The number of nitrogens with one attached hydrogen (secondary N) is 1. The molecule has 0 bridgehead atoms. The number of hydroxylamine groups is 1. The molecule has 0 amide bonds. The van der Waals surface area contributed by atoms with E-state index in [1.54, 1.807) is 37.4 Å². The van der Waals surface area contributed by atoms with Crippen LogP contribution in [0.15, 0.2) is 35.4 Å². The van der Waals surface area contributed by atoms with E-state index in [1.165, 1.54) is 7.11 Å². The molecular formula is C15H13Cl2N3O3. The van der Waals surface area contributed by atoms with Crippen LogP contribution in [0.3, 0.4) is 0 Å². The fraction of sp³-hybridized carbons (Fsp3) is 0.133. The van der Waals surface area contributed by atoms with Gasteiger partial charge in [0.15, 0.2) is 5.84 Å². The predicted molar refractivity (Wildman–Crippen MR) is 90.4 cm³/mol. The Kier molecular flexibility index (Phi) is 4.21. The summed E-state index contributed by atoms with van der Waals surface area (Å²) >= 11 is 12.0. The van der Waals surface area contributed by atoms with E-state index < -0.39 is 0 Å². The second-order valence-corrected chi connectivity index (χ2v) is 5.52. The van der Waals surface area contributed by atoms with Gasteiger partial charge in [-0.25, -0.2) is 5.06 Å². The zero-order chi connectivity index (χ0) is 16.6. The number of hydrogen-bond acceptors (Lipinski definition) is 6. The predicted octanol–water partition coefficient (Wildman–Crippen LogP) is 3.99. The summed E-state index contributed by atoms with van der Waals surface area (Å²) in [5.74, 6) is 1.40. The van der Waals surface area contributed by atoms with E-state index in [9.17, 15) is 5.21 Å². The molecule has 0 spiro atoms. The van der Waals surface area contributed by atoms with Gasteiger partial charge in [0.1, 0.15) is 11.5 Å². The minimum Gasteiger partial charge on any atom is -0.497 e. The molecule has 0 saturated heterocycles. The van der Waals surface area contributed by atoms with Crippen molar-refractivity contribution in [2.75, 3.05) is 24.7 Å². The van der Waals surface area contributed by atoms with Gasteiger partial charge in [0.2, 0.25) is 0 Å². The first-order valence-corrected chi connectivity index (χ1v) is 7.35. The third-order valence-electron chi connectivity index (χ3n) is 3.40. The van der Waals surface area contributed by atoms with Gasteiger partial charge in [-0.1, -0.05) is 23.2 Å². The number of amidine groups is 1. The Morgan fingerprint density at radius 1 is 1.09 bits per heavy atom. The van der Waals surface area contributed by atoms with E-state index >= 15 is 0 Å². The molecule has 8 heteroatoms. The zero-order valence-electron chi connectivity index (χ0n) is 12.3. The Bertz CT molecular complexity index is 796. The van der Waals surface area contributed by atoms with Crippen LogP contribution in [0.2, 0.25) is 10.0 Å². The van der Waals surface area contributed by atoms with E-state index in [0.717, 1.165) is 5.06 Å². The van der Waals surface area contributed by atoms with Gasteiger partial charge in [-0.05, 0) is 24.3 Å². The molecule has 0 unspecified atom stereocenters. The molecule has 3 rings (SSSR count). The van der Waals surface area contributed by atoms with Crippen molar-refractivity contribution in [1.29, 1.82) is 0 Å². The Morgan fingerprint density at radius 2 is 1.83 bits per heavy atom. The van der Waals surface area contributed by atoms with Crippen LogP contribution in [0.1, 0.15) is 5.56 Å². The molecule has 0 saturated carbocycles. The van der Waals surface area contributed by atoms with E-state index in [2.05, 4.69) is 10.5 Å². The summed E-state index contributed by atoms with van der Waals surface area (Å²) in [5, 5.41) is 16.3. The number of methoxy groups -OCH3 is 2. The molecule has 120 valence electrons. The first-order chi connectivity index (χ1) is 11.0. The third-order valence-corrected chi connectivity index (χ3v) is 4.12. The summed E-state index contributed by atoms with van der Waals surface area (Å²) in [6.07, 6.45) is 0. The monoisotopic (exact) mass is 353 g/mol. The minimum absolute atomic E-state index is 0.260. The molecule has 0 fully saturated rings. The number of benzene rings is 2. The first kappa shape index (κ1) is 15.7. The molecule has 0 aromatic heterocycles.